The highest BCUT2D eigenvalue weighted by molar-refractivity contribution is 6.21. The summed E-state index contributed by atoms with van der Waals surface area (Å²) in [7, 11) is 0. The second-order valence-corrected chi connectivity index (χ2v) is 6.02. The van der Waals surface area contributed by atoms with E-state index >= 15 is 0 Å². The van der Waals surface area contributed by atoms with E-state index in [9.17, 15) is 23.2 Å². The lowest BCUT2D eigenvalue weighted by Gasteiger charge is -2.17. The molecule has 1 unspecified atom stereocenters. The van der Waals surface area contributed by atoms with Gasteiger partial charge in [0.05, 0.1) is 17.2 Å². The highest BCUT2D eigenvalue weighted by Crippen LogP contribution is 2.22. The molecule has 3 rings (SSSR count). The smallest absolute Gasteiger partial charge is 0.261 e. The Balaban J connectivity index is 1.59. The average Bonchev–Trinajstić information content (AvgIpc) is 2.86. The van der Waals surface area contributed by atoms with Crippen LogP contribution in [-0.4, -0.2) is 29.2 Å². The Morgan fingerprint density at radius 2 is 1.65 bits per heavy atom. The van der Waals surface area contributed by atoms with Crippen LogP contribution in [0.2, 0.25) is 0 Å². The summed E-state index contributed by atoms with van der Waals surface area (Å²) in [6.45, 7) is 1.58. The molecule has 1 aliphatic rings. The van der Waals surface area contributed by atoms with Crippen LogP contribution in [0.3, 0.4) is 0 Å². The van der Waals surface area contributed by atoms with Crippen LogP contribution in [0.4, 0.5) is 8.78 Å². The second-order valence-electron chi connectivity index (χ2n) is 6.02. The number of fused-ring (bicyclic) bond motifs is 1. The van der Waals surface area contributed by atoms with Gasteiger partial charge in [0.15, 0.2) is 11.6 Å². The van der Waals surface area contributed by atoms with Crippen molar-refractivity contribution in [1.29, 1.82) is 0 Å². The Kier molecular flexibility index (Phi) is 4.79. The molecule has 134 valence electrons. The second kappa shape index (κ2) is 7.03. The Labute approximate surface area is 148 Å². The van der Waals surface area contributed by atoms with Crippen LogP contribution in [0.5, 0.6) is 0 Å². The minimum absolute atomic E-state index is 0.0529. The van der Waals surface area contributed by atoms with Gasteiger partial charge in [-0.05, 0) is 36.8 Å². The number of halogens is 2. The van der Waals surface area contributed by atoms with Crippen LogP contribution < -0.4 is 5.32 Å². The molecule has 1 N–H and O–H groups in total. The zero-order valence-corrected chi connectivity index (χ0v) is 14.0. The first-order chi connectivity index (χ1) is 12.4. The third-order valence-electron chi connectivity index (χ3n) is 4.26. The fraction of sp³-hybridized carbons (Fsp3) is 0.211. The van der Waals surface area contributed by atoms with Crippen LogP contribution in [0.25, 0.3) is 0 Å². The topological polar surface area (TPSA) is 66.5 Å². The van der Waals surface area contributed by atoms with Gasteiger partial charge in [-0.2, -0.15) is 0 Å². The molecule has 0 radical (unpaired) electrons. The van der Waals surface area contributed by atoms with Crippen LogP contribution in [0, 0.1) is 11.6 Å². The number of nitrogens with zero attached hydrogens (tertiary/aromatic N) is 1. The fourth-order valence-electron chi connectivity index (χ4n) is 2.83. The molecule has 1 atom stereocenters. The van der Waals surface area contributed by atoms with Gasteiger partial charge in [0, 0.05) is 13.0 Å². The van der Waals surface area contributed by atoms with Crippen molar-refractivity contribution in [1.82, 2.24) is 10.2 Å². The van der Waals surface area contributed by atoms with E-state index in [-0.39, 0.29) is 13.0 Å². The third kappa shape index (κ3) is 3.33. The standard InChI is InChI=1S/C19H16F2N2O3/c1-11(12-6-7-15(20)16(21)10-12)22-17(24)8-9-23-18(25)13-4-2-3-5-14(13)19(23)26/h2-7,10-11H,8-9H2,1H3,(H,22,24). The van der Waals surface area contributed by atoms with Gasteiger partial charge in [-0.3, -0.25) is 19.3 Å². The molecule has 1 aliphatic heterocycles. The molecule has 5 nitrogen and oxygen atoms in total. The highest BCUT2D eigenvalue weighted by Gasteiger charge is 2.35. The molecule has 0 bridgehead atoms. The van der Waals surface area contributed by atoms with E-state index in [0.29, 0.717) is 16.7 Å². The summed E-state index contributed by atoms with van der Waals surface area (Å²) in [5, 5.41) is 2.64. The lowest BCUT2D eigenvalue weighted by atomic mass is 10.1. The van der Waals surface area contributed by atoms with Gasteiger partial charge in [0.25, 0.3) is 11.8 Å². The summed E-state index contributed by atoms with van der Waals surface area (Å²) >= 11 is 0. The van der Waals surface area contributed by atoms with Crippen LogP contribution in [0.15, 0.2) is 42.5 Å². The lowest BCUT2D eigenvalue weighted by molar-refractivity contribution is -0.121. The van der Waals surface area contributed by atoms with E-state index in [0.717, 1.165) is 17.0 Å². The molecule has 2 aromatic carbocycles. The number of carbonyl (C=O) groups is 3. The number of hydrogen-bond acceptors (Lipinski definition) is 3. The van der Waals surface area contributed by atoms with Gasteiger partial charge >= 0.3 is 0 Å². The molecule has 3 amide bonds. The monoisotopic (exact) mass is 358 g/mol. The van der Waals surface area contributed by atoms with Gasteiger partial charge in [-0.15, -0.1) is 0 Å². The number of hydrogen-bond donors (Lipinski definition) is 1. The molecule has 0 aromatic heterocycles. The van der Waals surface area contributed by atoms with E-state index in [2.05, 4.69) is 5.32 Å². The van der Waals surface area contributed by atoms with E-state index in [4.69, 9.17) is 0 Å². The van der Waals surface area contributed by atoms with Gasteiger partial charge in [-0.1, -0.05) is 18.2 Å². The highest BCUT2D eigenvalue weighted by atomic mass is 19.2. The number of nitrogens with one attached hydrogen (secondary N) is 1. The van der Waals surface area contributed by atoms with Crippen molar-refractivity contribution < 1.29 is 23.2 Å². The Bertz CT molecular complexity index is 863. The molecule has 0 saturated carbocycles. The minimum atomic E-state index is -0.991. The average molecular weight is 358 g/mol. The van der Waals surface area contributed by atoms with Crippen molar-refractivity contribution in [2.75, 3.05) is 6.54 Å². The summed E-state index contributed by atoms with van der Waals surface area (Å²) in [5.41, 5.74) is 1.07. The van der Waals surface area contributed by atoms with Gasteiger partial charge in [-0.25, -0.2) is 8.78 Å². The van der Waals surface area contributed by atoms with E-state index in [1.165, 1.54) is 6.07 Å². The molecule has 0 aliphatic carbocycles. The number of amides is 3. The number of rotatable bonds is 5. The largest absolute Gasteiger partial charge is 0.350 e. The summed E-state index contributed by atoms with van der Waals surface area (Å²) < 4.78 is 26.2. The Morgan fingerprint density at radius 3 is 2.23 bits per heavy atom. The Morgan fingerprint density at radius 1 is 1.04 bits per heavy atom. The van der Waals surface area contributed by atoms with Gasteiger partial charge in [0.2, 0.25) is 5.91 Å². The van der Waals surface area contributed by atoms with Crippen molar-refractivity contribution in [2.24, 2.45) is 0 Å². The van der Waals surface area contributed by atoms with Crippen LogP contribution >= 0.6 is 0 Å². The lowest BCUT2D eigenvalue weighted by Crippen LogP contribution is -2.35. The van der Waals surface area contributed by atoms with E-state index in [1.54, 1.807) is 31.2 Å². The SMILES string of the molecule is CC(NC(=O)CCN1C(=O)c2ccccc2C1=O)c1ccc(F)c(F)c1. The van der Waals surface area contributed by atoms with Crippen molar-refractivity contribution in [3.05, 3.63) is 70.8 Å². The predicted molar refractivity (Wildman–Crippen MR) is 89.3 cm³/mol. The quantitative estimate of drug-likeness (QED) is 0.836. The normalized spacial score (nSPS) is 14.3. The van der Waals surface area contributed by atoms with E-state index < -0.39 is 35.4 Å². The van der Waals surface area contributed by atoms with Crippen LogP contribution in [-0.2, 0) is 4.79 Å². The number of benzene rings is 2. The zero-order chi connectivity index (χ0) is 18.8. The summed E-state index contributed by atoms with van der Waals surface area (Å²) in [6.07, 6.45) is -0.0838. The van der Waals surface area contributed by atoms with Crippen molar-refractivity contribution in [3.63, 3.8) is 0 Å². The predicted octanol–water partition coefficient (Wildman–Crippen LogP) is 2.83. The molecule has 1 heterocycles. The number of imide groups is 1. The molecule has 0 fully saturated rings. The summed E-state index contributed by atoms with van der Waals surface area (Å²) in [6, 6.07) is 9.33. The van der Waals surface area contributed by atoms with E-state index in [1.807, 2.05) is 0 Å². The maximum atomic E-state index is 13.3. The molecule has 0 saturated heterocycles. The van der Waals surface area contributed by atoms with Gasteiger partial charge in [0.1, 0.15) is 0 Å². The maximum Gasteiger partial charge on any atom is 0.261 e. The first-order valence-electron chi connectivity index (χ1n) is 8.08. The first kappa shape index (κ1) is 17.7. The minimum Gasteiger partial charge on any atom is -0.350 e. The Hall–Kier alpha value is -3.09. The molecule has 7 heteroatoms. The third-order valence-corrected chi connectivity index (χ3v) is 4.26. The fourth-order valence-corrected chi connectivity index (χ4v) is 2.83. The summed E-state index contributed by atoms with van der Waals surface area (Å²) in [4.78, 5) is 37.6. The number of carbonyl (C=O) groups excluding carboxylic acids is 3. The molecule has 0 spiro atoms. The molecule has 2 aromatic rings. The molecular weight excluding hydrogens is 342 g/mol. The summed E-state index contributed by atoms with van der Waals surface area (Å²) in [5.74, 6) is -3.20. The maximum absolute atomic E-state index is 13.3. The molecule has 26 heavy (non-hydrogen) atoms. The van der Waals surface area contributed by atoms with Crippen molar-refractivity contribution in [3.8, 4) is 0 Å². The molecular formula is C19H16F2N2O3. The first-order valence-corrected chi connectivity index (χ1v) is 8.08. The van der Waals surface area contributed by atoms with Crippen molar-refractivity contribution in [2.45, 2.75) is 19.4 Å². The van der Waals surface area contributed by atoms with Gasteiger partial charge < -0.3 is 5.32 Å². The van der Waals surface area contributed by atoms with Crippen molar-refractivity contribution >= 4 is 17.7 Å². The zero-order valence-electron chi connectivity index (χ0n) is 14.0. The van der Waals surface area contributed by atoms with Crippen LogP contribution in [0.1, 0.15) is 45.7 Å².